The van der Waals surface area contributed by atoms with Crippen molar-refractivity contribution in [3.63, 3.8) is 0 Å². The Morgan fingerprint density at radius 3 is 2.81 bits per heavy atom. The molecule has 0 saturated heterocycles. The Balaban J connectivity index is 2.51. The highest BCUT2D eigenvalue weighted by Crippen LogP contribution is 2.06. The maximum Gasteiger partial charge on any atom is 0.0768 e. The largest absolute Gasteiger partial charge is 0.393 e. The van der Waals surface area contributed by atoms with Crippen LogP contribution in [0.5, 0.6) is 0 Å². The van der Waals surface area contributed by atoms with Gasteiger partial charge in [-0.15, -0.1) is 0 Å². The molecule has 0 aliphatic rings. The van der Waals surface area contributed by atoms with Gasteiger partial charge in [0.1, 0.15) is 0 Å². The number of aromatic nitrogens is 1. The van der Waals surface area contributed by atoms with Crippen molar-refractivity contribution < 1.29 is 0 Å². The van der Waals surface area contributed by atoms with Gasteiger partial charge in [-0.1, -0.05) is 25.2 Å². The van der Waals surface area contributed by atoms with E-state index in [1.807, 2.05) is 26.2 Å². The molecule has 1 atom stereocenters. The summed E-state index contributed by atoms with van der Waals surface area (Å²) in [4.78, 5) is 6.96. The second-order valence-electron chi connectivity index (χ2n) is 4.37. The third-order valence-corrected chi connectivity index (χ3v) is 2.86. The summed E-state index contributed by atoms with van der Waals surface area (Å²) in [5, 5.41) is 0. The summed E-state index contributed by atoms with van der Waals surface area (Å²) in [6.07, 6.45) is 3.76. The van der Waals surface area contributed by atoms with Crippen molar-refractivity contribution >= 4 is 17.2 Å². The van der Waals surface area contributed by atoms with Crippen molar-refractivity contribution in [1.82, 2.24) is 9.88 Å². The van der Waals surface area contributed by atoms with E-state index in [0.29, 0.717) is 4.99 Å². The van der Waals surface area contributed by atoms with Gasteiger partial charge < -0.3 is 10.6 Å². The number of nitrogens with two attached hydrogens (primary N) is 1. The van der Waals surface area contributed by atoms with Gasteiger partial charge in [0.2, 0.25) is 0 Å². The number of thiocarbonyl (C=S) groups is 1. The summed E-state index contributed by atoms with van der Waals surface area (Å²) in [5.74, 6) is 0.248. The first-order chi connectivity index (χ1) is 7.49. The van der Waals surface area contributed by atoms with Crippen LogP contribution in [0, 0.1) is 12.8 Å². The van der Waals surface area contributed by atoms with E-state index >= 15 is 0 Å². The molecule has 0 aliphatic heterocycles. The molecule has 88 valence electrons. The van der Waals surface area contributed by atoms with Crippen molar-refractivity contribution in [2.75, 3.05) is 13.6 Å². The van der Waals surface area contributed by atoms with Crippen molar-refractivity contribution in [3.8, 4) is 0 Å². The lowest BCUT2D eigenvalue weighted by Crippen LogP contribution is -2.31. The summed E-state index contributed by atoms with van der Waals surface area (Å²) in [6.45, 7) is 5.85. The summed E-state index contributed by atoms with van der Waals surface area (Å²) >= 11 is 4.96. The molecule has 0 bridgehead atoms. The highest BCUT2D eigenvalue weighted by Gasteiger charge is 2.09. The fourth-order valence-electron chi connectivity index (χ4n) is 1.64. The number of hydrogen-bond donors (Lipinski definition) is 1. The highest BCUT2D eigenvalue weighted by atomic mass is 32.1. The summed E-state index contributed by atoms with van der Waals surface area (Å²) in [7, 11) is 2.07. The van der Waals surface area contributed by atoms with Gasteiger partial charge in [0.25, 0.3) is 0 Å². The predicted molar refractivity (Wildman–Crippen MR) is 71.3 cm³/mol. The molecule has 3 nitrogen and oxygen atoms in total. The lowest BCUT2D eigenvalue weighted by Gasteiger charge is -2.20. The van der Waals surface area contributed by atoms with Crippen molar-refractivity contribution in [3.05, 3.63) is 29.6 Å². The fourth-order valence-corrected chi connectivity index (χ4v) is 1.71. The first-order valence-corrected chi connectivity index (χ1v) is 5.78. The van der Waals surface area contributed by atoms with Gasteiger partial charge >= 0.3 is 0 Å². The number of hydrogen-bond acceptors (Lipinski definition) is 3. The molecule has 0 fully saturated rings. The van der Waals surface area contributed by atoms with Crippen LogP contribution >= 0.6 is 12.2 Å². The van der Waals surface area contributed by atoms with Crippen molar-refractivity contribution in [2.24, 2.45) is 11.7 Å². The third kappa shape index (κ3) is 4.24. The predicted octanol–water partition coefficient (Wildman–Crippen LogP) is 1.74. The van der Waals surface area contributed by atoms with E-state index in [-0.39, 0.29) is 5.92 Å². The maximum atomic E-state index is 5.59. The molecule has 0 spiro atoms. The number of pyridine rings is 1. The Kier molecular flexibility index (Phi) is 4.83. The second-order valence-corrected chi connectivity index (χ2v) is 4.84. The number of rotatable bonds is 5. The SMILES string of the molecule is Cc1cncc(CN(C)CC(C)C(N)=S)c1. The summed E-state index contributed by atoms with van der Waals surface area (Å²) in [6, 6.07) is 2.15. The average molecular weight is 237 g/mol. The number of aryl methyl sites for hydroxylation is 1. The molecule has 0 amide bonds. The van der Waals surface area contributed by atoms with E-state index in [4.69, 9.17) is 18.0 Å². The van der Waals surface area contributed by atoms with E-state index in [9.17, 15) is 0 Å². The van der Waals surface area contributed by atoms with Gasteiger partial charge in [-0.3, -0.25) is 4.98 Å². The highest BCUT2D eigenvalue weighted by molar-refractivity contribution is 7.80. The average Bonchev–Trinajstić information content (AvgIpc) is 2.16. The van der Waals surface area contributed by atoms with E-state index in [0.717, 1.165) is 13.1 Å². The summed E-state index contributed by atoms with van der Waals surface area (Å²) < 4.78 is 0. The molecule has 1 aromatic rings. The lowest BCUT2D eigenvalue weighted by molar-refractivity contribution is 0.307. The van der Waals surface area contributed by atoms with Gasteiger partial charge in [0.15, 0.2) is 0 Å². The smallest absolute Gasteiger partial charge is 0.0768 e. The van der Waals surface area contributed by atoms with Crippen LogP contribution in [0.15, 0.2) is 18.5 Å². The molecule has 1 unspecified atom stereocenters. The molecule has 4 heteroatoms. The first-order valence-electron chi connectivity index (χ1n) is 5.37. The van der Waals surface area contributed by atoms with Crippen LogP contribution < -0.4 is 5.73 Å². The Bertz CT molecular complexity index is 365. The molecule has 0 aromatic carbocycles. The molecule has 2 N–H and O–H groups in total. The van der Waals surface area contributed by atoms with Gasteiger partial charge in [0.05, 0.1) is 4.99 Å². The molecule has 1 rings (SSSR count). The normalized spacial score (nSPS) is 12.8. The minimum atomic E-state index is 0.248. The van der Waals surface area contributed by atoms with E-state index in [1.54, 1.807) is 0 Å². The quantitative estimate of drug-likeness (QED) is 0.792. The lowest BCUT2D eigenvalue weighted by atomic mass is 10.1. The Hall–Kier alpha value is -1.00. The van der Waals surface area contributed by atoms with Gasteiger partial charge in [-0.2, -0.15) is 0 Å². The number of nitrogens with zero attached hydrogens (tertiary/aromatic N) is 2. The molecule has 0 saturated carbocycles. The molecule has 0 radical (unpaired) electrons. The zero-order valence-electron chi connectivity index (χ0n) is 10.1. The zero-order valence-corrected chi connectivity index (χ0v) is 10.9. The van der Waals surface area contributed by atoms with Crippen LogP contribution in [-0.2, 0) is 6.54 Å². The van der Waals surface area contributed by atoms with Crippen LogP contribution in [0.25, 0.3) is 0 Å². The third-order valence-electron chi connectivity index (χ3n) is 2.46. The Morgan fingerprint density at radius 1 is 1.56 bits per heavy atom. The Morgan fingerprint density at radius 2 is 2.25 bits per heavy atom. The molecular weight excluding hydrogens is 218 g/mol. The molecule has 0 aliphatic carbocycles. The fraction of sp³-hybridized carbons (Fsp3) is 0.500. The van der Waals surface area contributed by atoms with Crippen LogP contribution in [0.4, 0.5) is 0 Å². The van der Waals surface area contributed by atoms with Crippen LogP contribution in [0.2, 0.25) is 0 Å². The molecule has 1 heterocycles. The van der Waals surface area contributed by atoms with E-state index in [2.05, 4.69) is 23.0 Å². The van der Waals surface area contributed by atoms with Crippen molar-refractivity contribution in [1.29, 1.82) is 0 Å². The van der Waals surface area contributed by atoms with Gasteiger partial charge in [0, 0.05) is 31.4 Å². The minimum absolute atomic E-state index is 0.248. The minimum Gasteiger partial charge on any atom is -0.393 e. The van der Waals surface area contributed by atoms with E-state index in [1.165, 1.54) is 11.1 Å². The first kappa shape index (κ1) is 13.1. The topological polar surface area (TPSA) is 42.2 Å². The van der Waals surface area contributed by atoms with Gasteiger partial charge in [-0.05, 0) is 25.1 Å². The second kappa shape index (κ2) is 5.92. The van der Waals surface area contributed by atoms with Crippen LogP contribution in [0.3, 0.4) is 0 Å². The molecule has 16 heavy (non-hydrogen) atoms. The van der Waals surface area contributed by atoms with Crippen LogP contribution in [0.1, 0.15) is 18.1 Å². The molecular formula is C12H19N3S. The maximum absolute atomic E-state index is 5.59. The zero-order chi connectivity index (χ0) is 12.1. The van der Waals surface area contributed by atoms with Gasteiger partial charge in [-0.25, -0.2) is 0 Å². The van der Waals surface area contributed by atoms with Crippen molar-refractivity contribution in [2.45, 2.75) is 20.4 Å². The monoisotopic (exact) mass is 237 g/mol. The van der Waals surface area contributed by atoms with E-state index < -0.39 is 0 Å². The molecule has 1 aromatic heterocycles. The Labute approximate surface area is 103 Å². The van der Waals surface area contributed by atoms with Crippen LogP contribution in [-0.4, -0.2) is 28.5 Å². The summed E-state index contributed by atoms with van der Waals surface area (Å²) in [5.41, 5.74) is 8.00. The standard InChI is InChI=1S/C12H19N3S/c1-9-4-11(6-14-5-9)8-15(3)7-10(2)12(13)16/h4-6,10H,7-8H2,1-3H3,(H2,13,16).